The van der Waals surface area contributed by atoms with Crippen molar-refractivity contribution < 1.29 is 4.79 Å². The highest BCUT2D eigenvalue weighted by molar-refractivity contribution is 5.76. The van der Waals surface area contributed by atoms with Crippen LogP contribution in [0.25, 0.3) is 5.52 Å². The second-order valence-electron chi connectivity index (χ2n) is 7.79. The molecule has 0 N–H and O–H groups in total. The molecule has 0 aromatic carbocycles. The van der Waals surface area contributed by atoms with Crippen molar-refractivity contribution in [1.82, 2.24) is 19.3 Å². The summed E-state index contributed by atoms with van der Waals surface area (Å²) >= 11 is 0. The molecule has 1 fully saturated rings. The lowest BCUT2D eigenvalue weighted by Crippen LogP contribution is -2.39. The van der Waals surface area contributed by atoms with E-state index in [4.69, 9.17) is 0 Å². The second-order valence-corrected chi connectivity index (χ2v) is 7.79. The zero-order chi connectivity index (χ0) is 16.6. The van der Waals surface area contributed by atoms with Gasteiger partial charge in [-0.15, -0.1) is 0 Å². The first-order chi connectivity index (χ1) is 10.8. The summed E-state index contributed by atoms with van der Waals surface area (Å²) in [6.45, 7) is 10.1. The van der Waals surface area contributed by atoms with Crippen molar-refractivity contribution in [3.8, 4) is 0 Å². The molecule has 0 bridgehead atoms. The van der Waals surface area contributed by atoms with E-state index in [0.29, 0.717) is 12.3 Å². The summed E-state index contributed by atoms with van der Waals surface area (Å²) in [4.78, 5) is 23.2. The van der Waals surface area contributed by atoms with Crippen molar-refractivity contribution in [2.45, 2.75) is 52.9 Å². The maximum atomic E-state index is 12.4. The van der Waals surface area contributed by atoms with Gasteiger partial charge in [-0.1, -0.05) is 20.8 Å². The average Bonchev–Trinajstić information content (AvgIpc) is 2.87. The van der Waals surface area contributed by atoms with Gasteiger partial charge in [0.05, 0.1) is 17.9 Å². The van der Waals surface area contributed by atoms with E-state index in [1.54, 1.807) is 0 Å². The molecule has 2 aromatic heterocycles. The molecule has 0 unspecified atom stereocenters. The molecule has 0 aliphatic carbocycles. The molecule has 3 heterocycles. The van der Waals surface area contributed by atoms with E-state index in [-0.39, 0.29) is 11.3 Å². The number of carbonyl (C=O) groups excluding carboxylic acids is 1. The Morgan fingerprint density at radius 1 is 1.22 bits per heavy atom. The Morgan fingerprint density at radius 2 is 1.91 bits per heavy atom. The molecule has 3 rings (SSSR count). The van der Waals surface area contributed by atoms with Gasteiger partial charge in [-0.25, -0.2) is 4.98 Å². The number of amides is 1. The molecule has 1 aliphatic heterocycles. The van der Waals surface area contributed by atoms with Crippen molar-refractivity contribution in [1.29, 1.82) is 0 Å². The average molecular weight is 314 g/mol. The third-order valence-corrected chi connectivity index (χ3v) is 4.58. The number of aryl methyl sites for hydroxylation is 1. The number of hydrogen-bond acceptors (Lipinski definition) is 3. The Labute approximate surface area is 137 Å². The van der Waals surface area contributed by atoms with Gasteiger partial charge in [0.15, 0.2) is 0 Å². The fourth-order valence-electron chi connectivity index (χ4n) is 3.41. The minimum Gasteiger partial charge on any atom is -0.343 e. The Hall–Kier alpha value is -1.91. The van der Waals surface area contributed by atoms with E-state index in [9.17, 15) is 4.79 Å². The molecule has 1 amide bonds. The quantitative estimate of drug-likeness (QED) is 0.855. The van der Waals surface area contributed by atoms with Gasteiger partial charge in [0.25, 0.3) is 0 Å². The Kier molecular flexibility index (Phi) is 4.13. The van der Waals surface area contributed by atoms with Gasteiger partial charge in [-0.3, -0.25) is 14.2 Å². The van der Waals surface area contributed by atoms with E-state index in [1.165, 1.54) is 5.69 Å². The minimum atomic E-state index is 0.0529. The largest absolute Gasteiger partial charge is 0.343 e. The van der Waals surface area contributed by atoms with Crippen LogP contribution in [-0.2, 0) is 4.79 Å². The topological polar surface area (TPSA) is 50.5 Å². The zero-order valence-electron chi connectivity index (χ0n) is 14.5. The minimum absolute atomic E-state index is 0.0529. The van der Waals surface area contributed by atoms with Gasteiger partial charge in [0.1, 0.15) is 5.82 Å². The third kappa shape index (κ3) is 3.38. The second kappa shape index (κ2) is 5.95. The maximum absolute atomic E-state index is 12.4. The van der Waals surface area contributed by atoms with Crippen LogP contribution >= 0.6 is 0 Å². The van der Waals surface area contributed by atoms with Gasteiger partial charge in [-0.2, -0.15) is 0 Å². The summed E-state index contributed by atoms with van der Waals surface area (Å²) in [6, 6.07) is 0. The van der Waals surface area contributed by atoms with E-state index in [2.05, 4.69) is 35.1 Å². The summed E-state index contributed by atoms with van der Waals surface area (Å²) < 4.78 is 2.20. The van der Waals surface area contributed by atoms with Crippen molar-refractivity contribution >= 4 is 11.4 Å². The molecule has 1 aliphatic rings. The number of imidazole rings is 1. The molecular weight excluding hydrogens is 288 g/mol. The smallest absolute Gasteiger partial charge is 0.223 e. The highest BCUT2D eigenvalue weighted by Crippen LogP contribution is 2.30. The first-order valence-electron chi connectivity index (χ1n) is 8.41. The fourth-order valence-corrected chi connectivity index (χ4v) is 3.41. The number of rotatable bonds is 2. The lowest BCUT2D eigenvalue weighted by atomic mass is 9.89. The first kappa shape index (κ1) is 16.0. The molecule has 0 spiro atoms. The lowest BCUT2D eigenvalue weighted by molar-refractivity contribution is -0.134. The van der Waals surface area contributed by atoms with E-state index in [0.717, 1.165) is 37.3 Å². The molecule has 0 atom stereocenters. The summed E-state index contributed by atoms with van der Waals surface area (Å²) in [6.07, 6.45) is 8.29. The zero-order valence-corrected chi connectivity index (χ0v) is 14.5. The van der Waals surface area contributed by atoms with Crippen LogP contribution in [0, 0.1) is 12.3 Å². The summed E-state index contributed by atoms with van der Waals surface area (Å²) in [5.74, 6) is 1.73. The van der Waals surface area contributed by atoms with E-state index in [1.807, 2.05) is 30.4 Å². The predicted octanol–water partition coefficient (Wildman–Crippen LogP) is 3.18. The van der Waals surface area contributed by atoms with Crippen LogP contribution in [-0.4, -0.2) is 38.3 Å². The number of piperidine rings is 1. The SMILES string of the molecule is Cc1ncc2cncc(C3CCN(C(=O)CC(C)(C)C)CC3)n12. The summed E-state index contributed by atoms with van der Waals surface area (Å²) in [5.41, 5.74) is 2.32. The van der Waals surface area contributed by atoms with E-state index >= 15 is 0 Å². The lowest BCUT2D eigenvalue weighted by Gasteiger charge is -2.34. The Morgan fingerprint density at radius 3 is 2.57 bits per heavy atom. The fraction of sp³-hybridized carbons (Fsp3) is 0.611. The number of aromatic nitrogens is 3. The molecule has 1 saturated heterocycles. The van der Waals surface area contributed by atoms with E-state index < -0.39 is 0 Å². The van der Waals surface area contributed by atoms with Crippen molar-refractivity contribution in [3.63, 3.8) is 0 Å². The van der Waals surface area contributed by atoms with Crippen LogP contribution in [0.5, 0.6) is 0 Å². The number of nitrogens with zero attached hydrogens (tertiary/aromatic N) is 4. The highest BCUT2D eigenvalue weighted by Gasteiger charge is 2.27. The van der Waals surface area contributed by atoms with Crippen LogP contribution in [0.4, 0.5) is 0 Å². The van der Waals surface area contributed by atoms with Gasteiger partial charge in [0, 0.05) is 37.3 Å². The van der Waals surface area contributed by atoms with Gasteiger partial charge in [-0.05, 0) is 25.2 Å². The number of hydrogen-bond donors (Lipinski definition) is 0. The maximum Gasteiger partial charge on any atom is 0.223 e. The molecule has 5 nitrogen and oxygen atoms in total. The van der Waals surface area contributed by atoms with Gasteiger partial charge in [0.2, 0.25) is 5.91 Å². The molecular formula is C18H26N4O. The predicted molar refractivity (Wildman–Crippen MR) is 90.4 cm³/mol. The van der Waals surface area contributed by atoms with Crippen molar-refractivity contribution in [2.75, 3.05) is 13.1 Å². The molecule has 23 heavy (non-hydrogen) atoms. The molecule has 0 radical (unpaired) electrons. The first-order valence-corrected chi connectivity index (χ1v) is 8.41. The monoisotopic (exact) mass is 314 g/mol. The molecule has 5 heteroatoms. The van der Waals surface area contributed by atoms with Crippen LogP contribution in [0.15, 0.2) is 18.6 Å². The van der Waals surface area contributed by atoms with Crippen molar-refractivity contribution in [3.05, 3.63) is 30.1 Å². The normalized spacial score (nSPS) is 17.0. The Bertz CT molecular complexity index is 705. The standard InChI is InChI=1S/C18H26N4O/c1-13-20-11-15-10-19-12-16(22(13)15)14-5-7-21(8-6-14)17(23)9-18(2,3)4/h10-12,14H,5-9H2,1-4H3. The van der Waals surface area contributed by atoms with Gasteiger partial charge < -0.3 is 4.90 Å². The van der Waals surface area contributed by atoms with Crippen LogP contribution in [0.1, 0.15) is 57.5 Å². The number of likely N-dealkylation sites (tertiary alicyclic amines) is 1. The van der Waals surface area contributed by atoms with Gasteiger partial charge >= 0.3 is 0 Å². The summed E-state index contributed by atoms with van der Waals surface area (Å²) in [7, 11) is 0. The van der Waals surface area contributed by atoms with Crippen LogP contribution in [0.2, 0.25) is 0 Å². The third-order valence-electron chi connectivity index (χ3n) is 4.58. The molecule has 2 aromatic rings. The number of carbonyl (C=O) groups is 1. The summed E-state index contributed by atoms with van der Waals surface area (Å²) in [5, 5.41) is 0. The highest BCUT2D eigenvalue weighted by atomic mass is 16.2. The van der Waals surface area contributed by atoms with Crippen LogP contribution in [0.3, 0.4) is 0 Å². The van der Waals surface area contributed by atoms with Crippen LogP contribution < -0.4 is 0 Å². The number of fused-ring (bicyclic) bond motifs is 1. The molecule has 0 saturated carbocycles. The molecule has 124 valence electrons. The Balaban J connectivity index is 1.71. The van der Waals surface area contributed by atoms with Crippen molar-refractivity contribution in [2.24, 2.45) is 5.41 Å².